The average Bonchev–Trinajstić information content (AvgIpc) is 3.58. The molecule has 0 saturated carbocycles. The molecule has 0 bridgehead atoms. The standard InChI is InChI=1S/C26H28N4O5/c31-24(27-18-7-9-22-23(14-18)35-16-34-22)15-30-21-13-17(25(32)28-10-3-4-11-28)6-8-19(21)29-12-2-1-5-20(29)26(30)33/h6-9,13-14,20H,1-5,10-12,15-16H2,(H,27,31)/t20-/m0/s1. The Morgan fingerprint density at radius 1 is 0.914 bits per heavy atom. The molecule has 0 unspecified atom stereocenters. The van der Waals surface area contributed by atoms with E-state index in [2.05, 4.69) is 10.2 Å². The predicted octanol–water partition coefficient (Wildman–Crippen LogP) is 3.00. The van der Waals surface area contributed by atoms with Gasteiger partial charge in [0.1, 0.15) is 12.6 Å². The maximum Gasteiger partial charge on any atom is 0.253 e. The summed E-state index contributed by atoms with van der Waals surface area (Å²) in [5.41, 5.74) is 2.65. The molecule has 3 amide bonds. The van der Waals surface area contributed by atoms with E-state index >= 15 is 0 Å². The van der Waals surface area contributed by atoms with Crippen LogP contribution in [-0.2, 0) is 9.59 Å². The van der Waals surface area contributed by atoms with E-state index in [0.29, 0.717) is 28.4 Å². The van der Waals surface area contributed by atoms with Gasteiger partial charge in [-0.2, -0.15) is 0 Å². The first-order chi connectivity index (χ1) is 17.1. The Morgan fingerprint density at radius 3 is 2.57 bits per heavy atom. The lowest BCUT2D eigenvalue weighted by Crippen LogP contribution is -2.56. The molecule has 182 valence electrons. The van der Waals surface area contributed by atoms with Crippen LogP contribution in [0, 0.1) is 0 Å². The number of amides is 3. The van der Waals surface area contributed by atoms with E-state index in [0.717, 1.165) is 57.4 Å². The molecule has 1 N–H and O–H groups in total. The topological polar surface area (TPSA) is 91.4 Å². The highest BCUT2D eigenvalue weighted by Gasteiger charge is 2.40. The summed E-state index contributed by atoms with van der Waals surface area (Å²) in [7, 11) is 0. The maximum atomic E-state index is 13.6. The van der Waals surface area contributed by atoms with Crippen molar-refractivity contribution >= 4 is 34.8 Å². The summed E-state index contributed by atoms with van der Waals surface area (Å²) in [5, 5.41) is 2.87. The van der Waals surface area contributed by atoms with Crippen LogP contribution in [-0.4, -0.2) is 61.6 Å². The fourth-order valence-corrected chi connectivity index (χ4v) is 5.48. The zero-order chi connectivity index (χ0) is 23.9. The van der Waals surface area contributed by atoms with Gasteiger partial charge in [0.05, 0.1) is 11.4 Å². The highest BCUT2D eigenvalue weighted by Crippen LogP contribution is 2.40. The molecule has 35 heavy (non-hydrogen) atoms. The van der Waals surface area contributed by atoms with Crippen LogP contribution in [0.3, 0.4) is 0 Å². The van der Waals surface area contributed by atoms with Crippen LogP contribution in [0.5, 0.6) is 11.5 Å². The number of nitrogens with one attached hydrogen (secondary N) is 1. The SMILES string of the molecule is O=C(CN1C(=O)[C@@H]2CCCCN2c2ccc(C(=O)N3CCCC3)cc21)Nc1ccc2c(c1)OCO2. The normalized spacial score (nSPS) is 20.5. The van der Waals surface area contributed by atoms with E-state index in [1.165, 1.54) is 0 Å². The van der Waals surface area contributed by atoms with Gasteiger partial charge in [-0.3, -0.25) is 19.3 Å². The zero-order valence-electron chi connectivity index (χ0n) is 19.5. The molecular formula is C26H28N4O5. The van der Waals surface area contributed by atoms with E-state index < -0.39 is 0 Å². The largest absolute Gasteiger partial charge is 0.454 e. The van der Waals surface area contributed by atoms with Crippen molar-refractivity contribution in [2.24, 2.45) is 0 Å². The molecule has 4 aliphatic heterocycles. The Hall–Kier alpha value is -3.75. The van der Waals surface area contributed by atoms with Crippen molar-refractivity contribution in [1.29, 1.82) is 0 Å². The molecule has 1 atom stereocenters. The molecule has 0 aromatic heterocycles. The summed E-state index contributed by atoms with van der Waals surface area (Å²) in [6.45, 7) is 2.32. The number of ether oxygens (including phenoxy) is 2. The zero-order valence-corrected chi connectivity index (χ0v) is 19.5. The van der Waals surface area contributed by atoms with Crippen molar-refractivity contribution < 1.29 is 23.9 Å². The Morgan fingerprint density at radius 2 is 1.71 bits per heavy atom. The summed E-state index contributed by atoms with van der Waals surface area (Å²) < 4.78 is 10.7. The molecule has 4 aliphatic rings. The number of fused-ring (bicyclic) bond motifs is 4. The molecular weight excluding hydrogens is 448 g/mol. The number of carbonyl (C=O) groups is 3. The van der Waals surface area contributed by atoms with Gasteiger partial charge < -0.3 is 24.6 Å². The minimum Gasteiger partial charge on any atom is -0.454 e. The van der Waals surface area contributed by atoms with Crippen molar-refractivity contribution in [3.8, 4) is 11.5 Å². The summed E-state index contributed by atoms with van der Waals surface area (Å²) in [6.07, 6.45) is 4.77. The maximum absolute atomic E-state index is 13.6. The lowest BCUT2D eigenvalue weighted by Gasteiger charge is -2.45. The van der Waals surface area contributed by atoms with Gasteiger partial charge in [-0.25, -0.2) is 0 Å². The van der Waals surface area contributed by atoms with Crippen LogP contribution in [0.1, 0.15) is 42.5 Å². The van der Waals surface area contributed by atoms with Gasteiger partial charge in [-0.15, -0.1) is 0 Å². The average molecular weight is 477 g/mol. The second-order valence-corrected chi connectivity index (χ2v) is 9.45. The predicted molar refractivity (Wildman–Crippen MR) is 130 cm³/mol. The molecule has 2 aromatic carbocycles. The number of rotatable bonds is 4. The van der Waals surface area contributed by atoms with Crippen molar-refractivity contribution in [2.75, 3.05) is 48.1 Å². The molecule has 2 aromatic rings. The summed E-state index contributed by atoms with van der Waals surface area (Å²) in [5.74, 6) is 0.775. The van der Waals surface area contributed by atoms with Gasteiger partial charge in [-0.05, 0) is 62.4 Å². The smallest absolute Gasteiger partial charge is 0.253 e. The molecule has 9 heteroatoms. The van der Waals surface area contributed by atoms with Crippen LogP contribution >= 0.6 is 0 Å². The molecule has 9 nitrogen and oxygen atoms in total. The fraction of sp³-hybridized carbons (Fsp3) is 0.423. The van der Waals surface area contributed by atoms with Crippen molar-refractivity contribution in [3.05, 3.63) is 42.0 Å². The van der Waals surface area contributed by atoms with Crippen LogP contribution in [0.25, 0.3) is 0 Å². The van der Waals surface area contributed by atoms with Gasteiger partial charge in [0.15, 0.2) is 11.5 Å². The fourth-order valence-electron chi connectivity index (χ4n) is 5.48. The van der Waals surface area contributed by atoms with Crippen molar-refractivity contribution in [1.82, 2.24) is 4.90 Å². The summed E-state index contributed by atoms with van der Waals surface area (Å²) >= 11 is 0. The van der Waals surface area contributed by atoms with Crippen LogP contribution in [0.15, 0.2) is 36.4 Å². The van der Waals surface area contributed by atoms with E-state index in [4.69, 9.17) is 9.47 Å². The third-order valence-electron chi connectivity index (χ3n) is 7.23. The lowest BCUT2D eigenvalue weighted by molar-refractivity contribution is -0.123. The number of nitrogens with zero attached hydrogens (tertiary/aromatic N) is 3. The monoisotopic (exact) mass is 476 g/mol. The number of likely N-dealkylation sites (tertiary alicyclic amines) is 1. The molecule has 0 radical (unpaired) electrons. The Kier molecular flexibility index (Phi) is 5.47. The number of hydrogen-bond acceptors (Lipinski definition) is 6. The number of piperidine rings is 1. The molecule has 0 spiro atoms. The minimum atomic E-state index is -0.316. The second kappa shape index (κ2) is 8.79. The quantitative estimate of drug-likeness (QED) is 0.730. The third kappa shape index (κ3) is 3.94. The van der Waals surface area contributed by atoms with Gasteiger partial charge in [0.2, 0.25) is 18.6 Å². The third-order valence-corrected chi connectivity index (χ3v) is 7.23. The Labute approximate surface area is 203 Å². The minimum absolute atomic E-state index is 0.0247. The van der Waals surface area contributed by atoms with E-state index in [1.54, 1.807) is 29.2 Å². The molecule has 0 aliphatic carbocycles. The van der Waals surface area contributed by atoms with Crippen molar-refractivity contribution in [2.45, 2.75) is 38.1 Å². The second-order valence-electron chi connectivity index (χ2n) is 9.45. The first kappa shape index (κ1) is 21.8. The molecule has 2 fully saturated rings. The van der Waals surface area contributed by atoms with Crippen LogP contribution in [0.4, 0.5) is 17.1 Å². The summed E-state index contributed by atoms with van der Waals surface area (Å²) in [6, 6.07) is 10.5. The number of hydrogen-bond donors (Lipinski definition) is 1. The van der Waals surface area contributed by atoms with Gasteiger partial charge >= 0.3 is 0 Å². The van der Waals surface area contributed by atoms with E-state index in [9.17, 15) is 14.4 Å². The highest BCUT2D eigenvalue weighted by molar-refractivity contribution is 6.11. The van der Waals surface area contributed by atoms with Crippen LogP contribution < -0.4 is 24.6 Å². The van der Waals surface area contributed by atoms with Gasteiger partial charge in [0.25, 0.3) is 5.91 Å². The first-order valence-electron chi connectivity index (χ1n) is 12.3. The molecule has 4 heterocycles. The van der Waals surface area contributed by atoms with E-state index in [1.807, 2.05) is 17.0 Å². The Balaban J connectivity index is 1.29. The first-order valence-corrected chi connectivity index (χ1v) is 12.3. The summed E-state index contributed by atoms with van der Waals surface area (Å²) in [4.78, 5) is 45.2. The number of anilines is 3. The molecule has 2 saturated heterocycles. The molecule has 6 rings (SSSR count). The van der Waals surface area contributed by atoms with Gasteiger partial charge in [-0.1, -0.05) is 0 Å². The number of carbonyl (C=O) groups excluding carboxylic acids is 3. The van der Waals surface area contributed by atoms with Crippen LogP contribution in [0.2, 0.25) is 0 Å². The highest BCUT2D eigenvalue weighted by atomic mass is 16.7. The Bertz CT molecular complexity index is 1190. The van der Waals surface area contributed by atoms with E-state index in [-0.39, 0.29) is 37.1 Å². The number of benzene rings is 2. The lowest BCUT2D eigenvalue weighted by atomic mass is 9.95. The van der Waals surface area contributed by atoms with Crippen molar-refractivity contribution in [3.63, 3.8) is 0 Å². The van der Waals surface area contributed by atoms with Gasteiger partial charge in [0, 0.05) is 37.0 Å².